The van der Waals surface area contributed by atoms with Crippen molar-refractivity contribution in [1.82, 2.24) is 10.6 Å². The standard InChI is InChI=1S/C16H22N2O2/c1-11(2)13(12-6-4-3-5-7-12)10-17-14-8-9-15(19)18-16(14)20/h3-7,11,13-14,17H,8-10H2,1-2H3,(H,18,19,20). The third-order valence-electron chi connectivity index (χ3n) is 3.86. The van der Waals surface area contributed by atoms with Gasteiger partial charge in [0.05, 0.1) is 6.04 Å². The predicted molar refractivity (Wildman–Crippen MR) is 78.2 cm³/mol. The normalized spacial score (nSPS) is 20.9. The van der Waals surface area contributed by atoms with E-state index in [-0.39, 0.29) is 17.9 Å². The Balaban J connectivity index is 1.96. The number of amides is 2. The van der Waals surface area contributed by atoms with Crippen molar-refractivity contribution in [3.63, 3.8) is 0 Å². The summed E-state index contributed by atoms with van der Waals surface area (Å²) in [6, 6.07) is 10.1. The Kier molecular flexibility index (Phi) is 4.90. The maximum absolute atomic E-state index is 11.7. The molecule has 1 heterocycles. The Morgan fingerprint density at radius 3 is 2.55 bits per heavy atom. The molecular formula is C16H22N2O2. The van der Waals surface area contributed by atoms with E-state index < -0.39 is 0 Å². The highest BCUT2D eigenvalue weighted by Gasteiger charge is 2.27. The summed E-state index contributed by atoms with van der Waals surface area (Å²) in [4.78, 5) is 22.9. The SMILES string of the molecule is CC(C)C(CNC1CCC(=O)NC1=O)c1ccccc1. The fourth-order valence-corrected chi connectivity index (χ4v) is 2.60. The highest BCUT2D eigenvalue weighted by atomic mass is 16.2. The lowest BCUT2D eigenvalue weighted by Gasteiger charge is -2.27. The topological polar surface area (TPSA) is 58.2 Å². The molecule has 0 aliphatic carbocycles. The van der Waals surface area contributed by atoms with E-state index in [1.807, 2.05) is 18.2 Å². The molecule has 1 aliphatic rings. The second-order valence-corrected chi connectivity index (χ2v) is 5.67. The predicted octanol–water partition coefficient (Wildman–Crippen LogP) is 1.82. The lowest BCUT2D eigenvalue weighted by Crippen LogP contribution is -2.51. The van der Waals surface area contributed by atoms with Crippen LogP contribution in [0.15, 0.2) is 30.3 Å². The summed E-state index contributed by atoms with van der Waals surface area (Å²) in [6.07, 6.45) is 1.01. The molecule has 0 saturated carbocycles. The Labute approximate surface area is 119 Å². The number of rotatable bonds is 5. The van der Waals surface area contributed by atoms with Gasteiger partial charge in [-0.2, -0.15) is 0 Å². The Morgan fingerprint density at radius 1 is 1.25 bits per heavy atom. The number of carbonyl (C=O) groups excluding carboxylic acids is 2. The minimum absolute atomic E-state index is 0.170. The molecule has 1 aromatic carbocycles. The lowest BCUT2D eigenvalue weighted by molar-refractivity contribution is -0.134. The maximum atomic E-state index is 11.7. The van der Waals surface area contributed by atoms with Gasteiger partial charge in [-0.3, -0.25) is 14.9 Å². The summed E-state index contributed by atoms with van der Waals surface area (Å²) in [5, 5.41) is 5.69. The van der Waals surface area contributed by atoms with Gasteiger partial charge in [0.2, 0.25) is 11.8 Å². The molecule has 1 saturated heterocycles. The number of carbonyl (C=O) groups is 2. The van der Waals surface area contributed by atoms with Gasteiger partial charge in [0.15, 0.2) is 0 Å². The number of piperidine rings is 1. The summed E-state index contributed by atoms with van der Waals surface area (Å²) in [7, 11) is 0. The van der Waals surface area contributed by atoms with Crippen LogP contribution in [-0.4, -0.2) is 24.4 Å². The minimum Gasteiger partial charge on any atom is -0.305 e. The Bertz CT molecular complexity index is 471. The molecule has 0 radical (unpaired) electrons. The fourth-order valence-electron chi connectivity index (χ4n) is 2.60. The van der Waals surface area contributed by atoms with Gasteiger partial charge in [-0.1, -0.05) is 44.2 Å². The van der Waals surface area contributed by atoms with Gasteiger partial charge in [-0.15, -0.1) is 0 Å². The molecule has 0 bridgehead atoms. The quantitative estimate of drug-likeness (QED) is 0.805. The van der Waals surface area contributed by atoms with Crippen LogP contribution in [0.4, 0.5) is 0 Å². The first kappa shape index (κ1) is 14.7. The molecule has 108 valence electrons. The number of imide groups is 1. The van der Waals surface area contributed by atoms with Crippen LogP contribution in [0.5, 0.6) is 0 Å². The monoisotopic (exact) mass is 274 g/mol. The van der Waals surface area contributed by atoms with Gasteiger partial charge in [0.25, 0.3) is 0 Å². The third-order valence-corrected chi connectivity index (χ3v) is 3.86. The second-order valence-electron chi connectivity index (χ2n) is 5.67. The van der Waals surface area contributed by atoms with Crippen molar-refractivity contribution < 1.29 is 9.59 Å². The van der Waals surface area contributed by atoms with Crippen molar-refractivity contribution in [3.05, 3.63) is 35.9 Å². The van der Waals surface area contributed by atoms with Crippen molar-refractivity contribution in [2.45, 2.75) is 38.6 Å². The maximum Gasteiger partial charge on any atom is 0.243 e. The summed E-state index contributed by atoms with van der Waals surface area (Å²) in [6.45, 7) is 5.11. The number of hydrogen-bond donors (Lipinski definition) is 2. The van der Waals surface area contributed by atoms with Crippen LogP contribution < -0.4 is 10.6 Å². The number of hydrogen-bond acceptors (Lipinski definition) is 3. The van der Waals surface area contributed by atoms with Crippen LogP contribution in [0.2, 0.25) is 0 Å². The van der Waals surface area contributed by atoms with Crippen LogP contribution in [0.1, 0.15) is 38.2 Å². The number of nitrogens with one attached hydrogen (secondary N) is 2. The first-order valence-electron chi connectivity index (χ1n) is 7.20. The number of benzene rings is 1. The molecule has 2 amide bonds. The molecule has 2 N–H and O–H groups in total. The van der Waals surface area contributed by atoms with Crippen molar-refractivity contribution in [1.29, 1.82) is 0 Å². The molecule has 2 unspecified atom stereocenters. The van der Waals surface area contributed by atoms with Gasteiger partial charge in [-0.25, -0.2) is 0 Å². The lowest BCUT2D eigenvalue weighted by atomic mass is 9.88. The third kappa shape index (κ3) is 3.67. The summed E-state index contributed by atoms with van der Waals surface area (Å²) < 4.78 is 0. The smallest absolute Gasteiger partial charge is 0.243 e. The fraction of sp³-hybridized carbons (Fsp3) is 0.500. The van der Waals surface area contributed by atoms with Crippen LogP contribution in [0.25, 0.3) is 0 Å². The average Bonchev–Trinajstić information content (AvgIpc) is 2.42. The van der Waals surface area contributed by atoms with Crippen LogP contribution in [0, 0.1) is 5.92 Å². The first-order chi connectivity index (χ1) is 9.58. The molecule has 0 spiro atoms. The molecule has 20 heavy (non-hydrogen) atoms. The van der Waals surface area contributed by atoms with E-state index in [4.69, 9.17) is 0 Å². The highest BCUT2D eigenvalue weighted by Crippen LogP contribution is 2.23. The molecule has 2 atom stereocenters. The zero-order valence-electron chi connectivity index (χ0n) is 12.1. The Morgan fingerprint density at radius 2 is 1.95 bits per heavy atom. The Hall–Kier alpha value is -1.68. The molecule has 4 heteroatoms. The molecule has 2 rings (SSSR count). The van der Waals surface area contributed by atoms with Gasteiger partial charge in [0.1, 0.15) is 0 Å². The van der Waals surface area contributed by atoms with E-state index in [1.165, 1.54) is 5.56 Å². The zero-order chi connectivity index (χ0) is 14.5. The molecule has 1 aromatic rings. The van der Waals surface area contributed by atoms with E-state index in [9.17, 15) is 9.59 Å². The molecule has 1 aliphatic heterocycles. The van der Waals surface area contributed by atoms with Crippen LogP contribution in [0.3, 0.4) is 0 Å². The second kappa shape index (κ2) is 6.66. The average molecular weight is 274 g/mol. The van der Waals surface area contributed by atoms with Crippen molar-refractivity contribution in [3.8, 4) is 0 Å². The van der Waals surface area contributed by atoms with E-state index in [1.54, 1.807) is 0 Å². The largest absolute Gasteiger partial charge is 0.305 e. The molecule has 0 aromatic heterocycles. The molecular weight excluding hydrogens is 252 g/mol. The highest BCUT2D eigenvalue weighted by molar-refractivity contribution is 6.00. The first-order valence-corrected chi connectivity index (χ1v) is 7.20. The minimum atomic E-state index is -0.252. The summed E-state index contributed by atoms with van der Waals surface area (Å²) in [5.74, 6) is 0.480. The van der Waals surface area contributed by atoms with E-state index in [0.717, 1.165) is 6.54 Å². The van der Waals surface area contributed by atoms with Crippen LogP contribution in [-0.2, 0) is 9.59 Å². The van der Waals surface area contributed by atoms with E-state index >= 15 is 0 Å². The zero-order valence-corrected chi connectivity index (χ0v) is 12.1. The summed E-state index contributed by atoms with van der Waals surface area (Å²) in [5.41, 5.74) is 1.28. The summed E-state index contributed by atoms with van der Waals surface area (Å²) >= 11 is 0. The van der Waals surface area contributed by atoms with Gasteiger partial charge < -0.3 is 5.32 Å². The van der Waals surface area contributed by atoms with Crippen LogP contribution >= 0.6 is 0 Å². The van der Waals surface area contributed by atoms with Gasteiger partial charge in [-0.05, 0) is 23.8 Å². The molecule has 4 nitrogen and oxygen atoms in total. The van der Waals surface area contributed by atoms with Gasteiger partial charge >= 0.3 is 0 Å². The van der Waals surface area contributed by atoms with E-state index in [2.05, 4.69) is 36.6 Å². The molecule has 1 fully saturated rings. The van der Waals surface area contributed by atoms with Crippen molar-refractivity contribution >= 4 is 11.8 Å². The van der Waals surface area contributed by atoms with Crippen molar-refractivity contribution in [2.75, 3.05) is 6.54 Å². The van der Waals surface area contributed by atoms with Gasteiger partial charge in [0, 0.05) is 13.0 Å². The van der Waals surface area contributed by atoms with Crippen molar-refractivity contribution in [2.24, 2.45) is 5.92 Å². The van der Waals surface area contributed by atoms with E-state index in [0.29, 0.717) is 24.7 Å².